The average Bonchev–Trinajstić information content (AvgIpc) is 2.60. The Morgan fingerprint density at radius 2 is 2.25 bits per heavy atom. The van der Waals surface area contributed by atoms with Crippen LogP contribution in [-0.4, -0.2) is 29.5 Å². The maximum Gasteiger partial charge on any atom is 0.183 e. The molecule has 0 fully saturated rings. The van der Waals surface area contributed by atoms with Crippen molar-refractivity contribution < 1.29 is 0 Å². The lowest BCUT2D eigenvalue weighted by molar-refractivity contribution is 0.298. The quantitative estimate of drug-likeness (QED) is 0.856. The number of halogens is 1. The summed E-state index contributed by atoms with van der Waals surface area (Å²) >= 11 is 7.32. The van der Waals surface area contributed by atoms with Gasteiger partial charge in [0, 0.05) is 23.7 Å². The topological polar surface area (TPSA) is 42.1 Å². The van der Waals surface area contributed by atoms with Gasteiger partial charge in [0.2, 0.25) is 0 Å². The van der Waals surface area contributed by atoms with E-state index in [0.717, 1.165) is 19.5 Å². The molecule has 1 rings (SSSR count). The molecule has 0 aliphatic heterocycles. The van der Waals surface area contributed by atoms with E-state index in [2.05, 4.69) is 30.8 Å². The molecule has 0 amide bonds. The van der Waals surface area contributed by atoms with Crippen molar-refractivity contribution in [1.29, 1.82) is 0 Å². The Labute approximate surface area is 107 Å². The minimum absolute atomic E-state index is 0.285. The Kier molecular flexibility index (Phi) is 5.69. The van der Waals surface area contributed by atoms with E-state index in [9.17, 15) is 0 Å². The lowest BCUT2D eigenvalue weighted by atomic mass is 10.0. The van der Waals surface area contributed by atoms with Crippen molar-refractivity contribution in [2.75, 3.05) is 13.6 Å². The first-order chi connectivity index (χ1) is 7.49. The standard InChI is InChI=1S/C11H20ClN3S/c1-8(2)10(13)4-5-15(3)7-9-6-14-11(12)16-9/h6,8,10H,4-5,7,13H2,1-3H3. The number of aromatic nitrogens is 1. The fourth-order valence-corrected chi connectivity index (χ4v) is 2.46. The van der Waals surface area contributed by atoms with E-state index in [1.54, 1.807) is 0 Å². The second-order valence-electron chi connectivity index (χ2n) is 4.51. The zero-order chi connectivity index (χ0) is 12.1. The van der Waals surface area contributed by atoms with Crippen molar-refractivity contribution in [1.82, 2.24) is 9.88 Å². The van der Waals surface area contributed by atoms with Crippen LogP contribution < -0.4 is 5.73 Å². The summed E-state index contributed by atoms with van der Waals surface area (Å²) in [6, 6.07) is 0.285. The van der Waals surface area contributed by atoms with Crippen molar-refractivity contribution in [3.63, 3.8) is 0 Å². The molecule has 1 unspecified atom stereocenters. The summed E-state index contributed by atoms with van der Waals surface area (Å²) in [7, 11) is 2.10. The summed E-state index contributed by atoms with van der Waals surface area (Å²) in [5.74, 6) is 0.547. The second-order valence-corrected chi connectivity index (χ2v) is 6.21. The molecule has 0 aromatic carbocycles. The molecule has 92 valence electrons. The monoisotopic (exact) mass is 261 g/mol. The van der Waals surface area contributed by atoms with Gasteiger partial charge in [0.25, 0.3) is 0 Å². The molecule has 3 nitrogen and oxygen atoms in total. The third-order valence-corrected chi connectivity index (χ3v) is 3.75. The Morgan fingerprint density at radius 1 is 1.56 bits per heavy atom. The fourth-order valence-electron chi connectivity index (χ4n) is 1.40. The second kappa shape index (κ2) is 6.55. The minimum Gasteiger partial charge on any atom is -0.327 e. The van der Waals surface area contributed by atoms with Gasteiger partial charge < -0.3 is 10.6 Å². The van der Waals surface area contributed by atoms with Crippen molar-refractivity contribution in [2.24, 2.45) is 11.7 Å². The highest BCUT2D eigenvalue weighted by molar-refractivity contribution is 7.15. The Hall–Kier alpha value is -0.160. The molecule has 0 bridgehead atoms. The van der Waals surface area contributed by atoms with Gasteiger partial charge in [0.15, 0.2) is 4.47 Å². The van der Waals surface area contributed by atoms with E-state index in [1.807, 2.05) is 6.20 Å². The molecule has 0 spiro atoms. The molecule has 1 aromatic rings. The zero-order valence-electron chi connectivity index (χ0n) is 10.1. The Balaban J connectivity index is 2.28. The van der Waals surface area contributed by atoms with E-state index in [0.29, 0.717) is 10.4 Å². The molecule has 1 aromatic heterocycles. The van der Waals surface area contributed by atoms with Crippen LogP contribution in [0.25, 0.3) is 0 Å². The van der Waals surface area contributed by atoms with Crippen LogP contribution in [0.15, 0.2) is 6.20 Å². The van der Waals surface area contributed by atoms with E-state index < -0.39 is 0 Å². The van der Waals surface area contributed by atoms with Gasteiger partial charge in [-0.25, -0.2) is 4.98 Å². The largest absolute Gasteiger partial charge is 0.327 e. The lowest BCUT2D eigenvalue weighted by Crippen LogP contribution is -2.31. The highest BCUT2D eigenvalue weighted by atomic mass is 35.5. The number of nitrogens with two attached hydrogens (primary N) is 1. The average molecular weight is 262 g/mol. The van der Waals surface area contributed by atoms with E-state index in [-0.39, 0.29) is 6.04 Å². The third kappa shape index (κ3) is 4.78. The van der Waals surface area contributed by atoms with Gasteiger partial charge in [-0.2, -0.15) is 0 Å². The van der Waals surface area contributed by atoms with Crippen LogP contribution in [0.5, 0.6) is 0 Å². The van der Waals surface area contributed by atoms with Crippen LogP contribution in [0.1, 0.15) is 25.1 Å². The summed E-state index contributed by atoms with van der Waals surface area (Å²) in [5.41, 5.74) is 6.00. The Bertz CT molecular complexity index is 314. The predicted octanol–water partition coefficient (Wildman–Crippen LogP) is 2.60. The highest BCUT2D eigenvalue weighted by Gasteiger charge is 2.09. The number of hydrogen-bond acceptors (Lipinski definition) is 4. The molecule has 0 aliphatic carbocycles. The van der Waals surface area contributed by atoms with Gasteiger partial charge in [-0.3, -0.25) is 0 Å². The molecular formula is C11H20ClN3S. The van der Waals surface area contributed by atoms with Gasteiger partial charge in [-0.15, -0.1) is 11.3 Å². The molecule has 5 heteroatoms. The van der Waals surface area contributed by atoms with Crippen LogP contribution in [0.2, 0.25) is 4.47 Å². The van der Waals surface area contributed by atoms with Gasteiger partial charge >= 0.3 is 0 Å². The molecule has 16 heavy (non-hydrogen) atoms. The van der Waals surface area contributed by atoms with Crippen LogP contribution in [0, 0.1) is 5.92 Å². The van der Waals surface area contributed by atoms with Gasteiger partial charge in [0.1, 0.15) is 0 Å². The van der Waals surface area contributed by atoms with Crippen molar-refractivity contribution >= 4 is 22.9 Å². The van der Waals surface area contributed by atoms with Gasteiger partial charge in [-0.1, -0.05) is 25.4 Å². The van der Waals surface area contributed by atoms with E-state index >= 15 is 0 Å². The Morgan fingerprint density at radius 3 is 2.75 bits per heavy atom. The summed E-state index contributed by atoms with van der Waals surface area (Å²) in [5, 5.41) is 0. The van der Waals surface area contributed by atoms with Crippen LogP contribution >= 0.6 is 22.9 Å². The fraction of sp³-hybridized carbons (Fsp3) is 0.727. The molecular weight excluding hydrogens is 242 g/mol. The number of nitrogens with zero attached hydrogens (tertiary/aromatic N) is 2. The number of thiazole rings is 1. The highest BCUT2D eigenvalue weighted by Crippen LogP contribution is 2.19. The normalized spacial score (nSPS) is 13.7. The molecule has 0 radical (unpaired) electrons. The van der Waals surface area contributed by atoms with Gasteiger partial charge in [0.05, 0.1) is 0 Å². The summed E-state index contributed by atoms with van der Waals surface area (Å²) < 4.78 is 0.613. The molecule has 0 saturated heterocycles. The SMILES string of the molecule is CC(C)C(N)CCN(C)Cc1cnc(Cl)s1. The zero-order valence-corrected chi connectivity index (χ0v) is 11.7. The lowest BCUT2D eigenvalue weighted by Gasteiger charge is -2.20. The molecule has 1 atom stereocenters. The first-order valence-electron chi connectivity index (χ1n) is 5.53. The van der Waals surface area contributed by atoms with Crippen molar-refractivity contribution in [3.8, 4) is 0 Å². The molecule has 0 aliphatic rings. The third-order valence-electron chi connectivity index (χ3n) is 2.65. The first-order valence-corrected chi connectivity index (χ1v) is 6.73. The number of rotatable bonds is 6. The molecule has 1 heterocycles. The van der Waals surface area contributed by atoms with Crippen molar-refractivity contribution in [3.05, 3.63) is 15.5 Å². The van der Waals surface area contributed by atoms with E-state index in [4.69, 9.17) is 17.3 Å². The smallest absolute Gasteiger partial charge is 0.183 e. The maximum absolute atomic E-state index is 6.00. The molecule has 2 N–H and O–H groups in total. The van der Waals surface area contributed by atoms with Crippen LogP contribution in [0.4, 0.5) is 0 Å². The first kappa shape index (κ1) is 13.9. The van der Waals surface area contributed by atoms with Crippen molar-refractivity contribution in [2.45, 2.75) is 32.9 Å². The predicted molar refractivity (Wildman–Crippen MR) is 70.9 cm³/mol. The summed E-state index contributed by atoms with van der Waals surface area (Å²) in [6.07, 6.45) is 2.87. The molecule has 0 saturated carbocycles. The number of hydrogen-bond donors (Lipinski definition) is 1. The maximum atomic E-state index is 6.00. The van der Waals surface area contributed by atoms with Crippen LogP contribution in [0.3, 0.4) is 0 Å². The minimum atomic E-state index is 0.285. The van der Waals surface area contributed by atoms with Crippen LogP contribution in [-0.2, 0) is 6.54 Å². The summed E-state index contributed by atoms with van der Waals surface area (Å²) in [6.45, 7) is 6.23. The van der Waals surface area contributed by atoms with Gasteiger partial charge in [-0.05, 0) is 25.9 Å². The summed E-state index contributed by atoms with van der Waals surface area (Å²) in [4.78, 5) is 7.48. The van der Waals surface area contributed by atoms with E-state index in [1.165, 1.54) is 16.2 Å².